The van der Waals surface area contributed by atoms with Gasteiger partial charge in [0.2, 0.25) is 5.91 Å². The number of aryl methyl sites for hydroxylation is 1. The van der Waals surface area contributed by atoms with Gasteiger partial charge in [-0.25, -0.2) is 0 Å². The molecule has 0 saturated carbocycles. The number of rotatable bonds is 7. The van der Waals surface area contributed by atoms with E-state index >= 15 is 0 Å². The van der Waals surface area contributed by atoms with Gasteiger partial charge in [-0.1, -0.05) is 13.0 Å². The molecule has 1 rings (SSSR count). The average molecular weight is 294 g/mol. The molecule has 0 aliphatic rings. The van der Waals surface area contributed by atoms with Crippen LogP contribution in [0.25, 0.3) is 0 Å². The van der Waals surface area contributed by atoms with Crippen molar-refractivity contribution in [1.82, 2.24) is 5.32 Å². The number of benzene rings is 1. The quantitative estimate of drug-likeness (QED) is 0.713. The number of aliphatic carboxylic acids is 1. The van der Waals surface area contributed by atoms with Crippen LogP contribution in [-0.4, -0.2) is 36.2 Å². The topological polar surface area (TPSA) is 87.7 Å². The second kappa shape index (κ2) is 7.08. The van der Waals surface area contributed by atoms with Crippen molar-refractivity contribution < 1.29 is 19.4 Å². The van der Waals surface area contributed by atoms with Crippen LogP contribution >= 0.6 is 0 Å². The van der Waals surface area contributed by atoms with Crippen molar-refractivity contribution in [3.8, 4) is 5.75 Å². The van der Waals surface area contributed by atoms with E-state index in [0.29, 0.717) is 17.9 Å². The number of carbonyl (C=O) groups excluding carboxylic acids is 1. The molecule has 3 N–H and O–H groups in total. The summed E-state index contributed by atoms with van der Waals surface area (Å²) < 4.78 is 5.18. The van der Waals surface area contributed by atoms with E-state index in [4.69, 9.17) is 9.84 Å². The van der Waals surface area contributed by atoms with Gasteiger partial charge in [0, 0.05) is 0 Å². The van der Waals surface area contributed by atoms with Crippen LogP contribution in [0.1, 0.15) is 25.8 Å². The van der Waals surface area contributed by atoms with E-state index in [1.807, 2.05) is 13.0 Å². The molecule has 0 aliphatic carbocycles. The van der Waals surface area contributed by atoms with E-state index < -0.39 is 11.5 Å². The first-order valence-electron chi connectivity index (χ1n) is 6.75. The highest BCUT2D eigenvalue weighted by Gasteiger charge is 2.30. The molecule has 6 heteroatoms. The molecular weight excluding hydrogens is 272 g/mol. The zero-order valence-electron chi connectivity index (χ0n) is 12.8. The van der Waals surface area contributed by atoms with E-state index in [9.17, 15) is 9.59 Å². The minimum absolute atomic E-state index is 0.0895. The summed E-state index contributed by atoms with van der Waals surface area (Å²) in [7, 11) is 1.52. The fourth-order valence-electron chi connectivity index (χ4n) is 1.74. The zero-order chi connectivity index (χ0) is 16.0. The summed E-state index contributed by atoms with van der Waals surface area (Å²) >= 11 is 0. The highest BCUT2D eigenvalue weighted by atomic mass is 16.5. The third kappa shape index (κ3) is 4.46. The van der Waals surface area contributed by atoms with Crippen molar-refractivity contribution in [2.45, 2.75) is 32.7 Å². The van der Waals surface area contributed by atoms with Gasteiger partial charge < -0.3 is 15.2 Å². The normalized spacial score (nSPS) is 13.3. The van der Waals surface area contributed by atoms with Crippen LogP contribution in [0.4, 0.5) is 5.69 Å². The predicted octanol–water partition coefficient (Wildman–Crippen LogP) is 1.79. The number of carboxylic acids is 1. The van der Waals surface area contributed by atoms with Crippen molar-refractivity contribution >= 4 is 17.6 Å². The number of hydrogen-bond acceptors (Lipinski definition) is 4. The molecule has 1 atom stereocenters. The van der Waals surface area contributed by atoms with Crippen LogP contribution in [-0.2, 0) is 9.59 Å². The lowest BCUT2D eigenvalue weighted by atomic mass is 9.99. The maximum atomic E-state index is 12.0. The highest BCUT2D eigenvalue weighted by molar-refractivity contribution is 5.94. The minimum Gasteiger partial charge on any atom is -0.495 e. The Bertz CT molecular complexity index is 530. The molecule has 0 aliphatic heterocycles. The predicted molar refractivity (Wildman–Crippen MR) is 80.7 cm³/mol. The van der Waals surface area contributed by atoms with E-state index in [0.717, 1.165) is 5.56 Å². The van der Waals surface area contributed by atoms with Gasteiger partial charge in [0.1, 0.15) is 11.3 Å². The van der Waals surface area contributed by atoms with Crippen molar-refractivity contribution in [2.75, 3.05) is 19.0 Å². The molecule has 1 unspecified atom stereocenters. The second-order valence-corrected chi connectivity index (χ2v) is 5.10. The molecule has 1 aromatic carbocycles. The van der Waals surface area contributed by atoms with Gasteiger partial charge in [-0.2, -0.15) is 0 Å². The van der Waals surface area contributed by atoms with Gasteiger partial charge in [-0.05, 0) is 38.0 Å². The minimum atomic E-state index is -1.12. The molecular formula is C15H22N2O4. The van der Waals surface area contributed by atoms with Gasteiger partial charge in [0.25, 0.3) is 0 Å². The summed E-state index contributed by atoms with van der Waals surface area (Å²) in [4.78, 5) is 23.1. The Morgan fingerprint density at radius 3 is 2.57 bits per heavy atom. The van der Waals surface area contributed by atoms with Crippen LogP contribution in [0.15, 0.2) is 18.2 Å². The van der Waals surface area contributed by atoms with Crippen LogP contribution in [0.5, 0.6) is 5.75 Å². The molecule has 1 amide bonds. The van der Waals surface area contributed by atoms with Crippen molar-refractivity contribution in [3.05, 3.63) is 23.8 Å². The lowest BCUT2D eigenvalue weighted by Gasteiger charge is -2.24. The molecule has 6 nitrogen and oxygen atoms in total. The Balaban J connectivity index is 2.70. The Labute approximate surface area is 124 Å². The Kier molecular flexibility index (Phi) is 5.72. The zero-order valence-corrected chi connectivity index (χ0v) is 12.8. The first-order valence-corrected chi connectivity index (χ1v) is 6.75. The largest absolute Gasteiger partial charge is 0.495 e. The Morgan fingerprint density at radius 2 is 2.05 bits per heavy atom. The van der Waals surface area contributed by atoms with E-state index in [1.165, 1.54) is 7.11 Å². The molecule has 0 aromatic heterocycles. The number of methoxy groups -OCH3 is 1. The molecule has 0 radical (unpaired) electrons. The summed E-state index contributed by atoms with van der Waals surface area (Å²) in [6, 6.07) is 5.45. The first-order chi connectivity index (χ1) is 9.82. The summed E-state index contributed by atoms with van der Waals surface area (Å²) in [6.45, 7) is 5.12. The number of nitrogens with one attached hydrogen (secondary N) is 2. The fraction of sp³-hybridized carbons (Fsp3) is 0.467. The van der Waals surface area contributed by atoms with E-state index in [1.54, 1.807) is 26.0 Å². The van der Waals surface area contributed by atoms with Crippen LogP contribution in [0, 0.1) is 6.92 Å². The van der Waals surface area contributed by atoms with Crippen LogP contribution in [0.2, 0.25) is 0 Å². The number of amides is 1. The SMILES string of the molecule is CCC(C)(NCC(=O)Nc1cc(C)ccc1OC)C(=O)O. The molecule has 0 saturated heterocycles. The fourth-order valence-corrected chi connectivity index (χ4v) is 1.74. The molecule has 116 valence electrons. The molecule has 0 bridgehead atoms. The van der Waals surface area contributed by atoms with E-state index in [2.05, 4.69) is 10.6 Å². The van der Waals surface area contributed by atoms with Crippen LogP contribution < -0.4 is 15.4 Å². The molecule has 1 aromatic rings. The smallest absolute Gasteiger partial charge is 0.323 e. The summed E-state index contributed by atoms with van der Waals surface area (Å²) in [5.41, 5.74) is 0.439. The Morgan fingerprint density at radius 1 is 1.38 bits per heavy atom. The van der Waals surface area contributed by atoms with Crippen LogP contribution in [0.3, 0.4) is 0 Å². The second-order valence-electron chi connectivity index (χ2n) is 5.10. The number of ether oxygens (including phenoxy) is 1. The summed E-state index contributed by atoms with van der Waals surface area (Å²) in [6.07, 6.45) is 0.378. The Hall–Kier alpha value is -2.08. The van der Waals surface area contributed by atoms with Gasteiger partial charge >= 0.3 is 5.97 Å². The van der Waals surface area contributed by atoms with Gasteiger partial charge in [0.15, 0.2) is 0 Å². The first kappa shape index (κ1) is 17.0. The average Bonchev–Trinajstić information content (AvgIpc) is 2.44. The van der Waals surface area contributed by atoms with Crippen molar-refractivity contribution in [2.24, 2.45) is 0 Å². The maximum absolute atomic E-state index is 12.0. The van der Waals surface area contributed by atoms with Gasteiger partial charge in [0.05, 0.1) is 19.3 Å². The lowest BCUT2D eigenvalue weighted by molar-refractivity contribution is -0.144. The molecule has 21 heavy (non-hydrogen) atoms. The number of hydrogen-bond donors (Lipinski definition) is 3. The van der Waals surface area contributed by atoms with Gasteiger partial charge in [-0.3, -0.25) is 14.9 Å². The third-order valence-corrected chi connectivity index (χ3v) is 3.45. The third-order valence-electron chi connectivity index (χ3n) is 3.45. The van der Waals surface area contributed by atoms with Crippen molar-refractivity contribution in [1.29, 1.82) is 0 Å². The highest BCUT2D eigenvalue weighted by Crippen LogP contribution is 2.25. The molecule has 0 spiro atoms. The molecule has 0 fully saturated rings. The number of carboxylic acid groups (broad SMARTS) is 1. The summed E-state index contributed by atoms with van der Waals surface area (Å²) in [5, 5.41) is 14.6. The summed E-state index contributed by atoms with van der Waals surface area (Å²) in [5.74, 6) is -0.740. The lowest BCUT2D eigenvalue weighted by Crippen LogP contribution is -2.51. The van der Waals surface area contributed by atoms with Crippen molar-refractivity contribution in [3.63, 3.8) is 0 Å². The number of anilines is 1. The number of carbonyl (C=O) groups is 2. The van der Waals surface area contributed by atoms with Gasteiger partial charge in [-0.15, -0.1) is 0 Å². The molecule has 0 heterocycles. The van der Waals surface area contributed by atoms with E-state index in [-0.39, 0.29) is 12.5 Å². The monoisotopic (exact) mass is 294 g/mol. The standard InChI is InChI=1S/C15H22N2O4/c1-5-15(3,14(19)20)16-9-13(18)17-11-8-10(2)6-7-12(11)21-4/h6-8,16H,5,9H2,1-4H3,(H,17,18)(H,19,20). The maximum Gasteiger partial charge on any atom is 0.323 e.